The Morgan fingerprint density at radius 2 is 1.68 bits per heavy atom. The van der Waals surface area contributed by atoms with Gasteiger partial charge in [-0.1, -0.05) is 6.07 Å². The molecule has 7 heteroatoms. The molecular weight excluding hydrogens is 435 g/mol. The number of nitrogens with one attached hydrogen (secondary N) is 1. The van der Waals surface area contributed by atoms with Crippen LogP contribution in [0.1, 0.15) is 20.7 Å². The second-order valence-corrected chi connectivity index (χ2v) is 6.66. The van der Waals surface area contributed by atoms with Gasteiger partial charge < -0.3 is 19.7 Å². The van der Waals surface area contributed by atoms with Gasteiger partial charge in [0.05, 0.1) is 25.5 Å². The molecule has 0 fully saturated rings. The molecule has 2 rings (SSSR count). The predicted octanol–water partition coefficient (Wildman–Crippen LogP) is 3.26. The van der Waals surface area contributed by atoms with Crippen LogP contribution in [0.4, 0.5) is 5.69 Å². The van der Waals surface area contributed by atoms with Crippen molar-refractivity contribution in [2.75, 3.05) is 33.6 Å². The highest BCUT2D eigenvalue weighted by molar-refractivity contribution is 14.1. The molecule has 2 aromatic carbocycles. The first-order chi connectivity index (χ1) is 11.9. The van der Waals surface area contributed by atoms with Crippen LogP contribution in [0, 0.1) is 3.57 Å². The zero-order chi connectivity index (χ0) is 18.6. The van der Waals surface area contributed by atoms with E-state index in [0.717, 1.165) is 3.57 Å². The fourth-order valence-corrected chi connectivity index (χ4v) is 2.77. The lowest BCUT2D eigenvalue weighted by Crippen LogP contribution is -2.24. The van der Waals surface area contributed by atoms with Gasteiger partial charge in [-0.25, -0.2) is 0 Å². The predicted molar refractivity (Wildman–Crippen MR) is 105 cm³/mol. The van der Waals surface area contributed by atoms with Crippen LogP contribution in [0.15, 0.2) is 36.4 Å². The van der Waals surface area contributed by atoms with E-state index in [1.165, 1.54) is 19.1 Å². The summed E-state index contributed by atoms with van der Waals surface area (Å²) in [6.07, 6.45) is 0. The Morgan fingerprint density at radius 3 is 2.24 bits per heavy atom. The van der Waals surface area contributed by atoms with Gasteiger partial charge in [-0.15, -0.1) is 0 Å². The molecule has 0 heterocycles. The molecule has 0 aliphatic carbocycles. The Kier molecular flexibility index (Phi) is 6.24. The van der Waals surface area contributed by atoms with Gasteiger partial charge in [-0.2, -0.15) is 0 Å². The normalized spacial score (nSPS) is 10.1. The molecule has 2 aromatic rings. The van der Waals surface area contributed by atoms with Crippen molar-refractivity contribution in [1.82, 2.24) is 4.90 Å². The summed E-state index contributed by atoms with van der Waals surface area (Å²) in [4.78, 5) is 26.5. The number of methoxy groups -OCH3 is 2. The minimum Gasteiger partial charge on any atom is -0.493 e. The summed E-state index contributed by atoms with van der Waals surface area (Å²) in [6.45, 7) is 0. The first-order valence-corrected chi connectivity index (χ1v) is 8.49. The van der Waals surface area contributed by atoms with E-state index in [-0.39, 0.29) is 11.8 Å². The molecule has 0 bridgehead atoms. The van der Waals surface area contributed by atoms with E-state index in [9.17, 15) is 9.59 Å². The lowest BCUT2D eigenvalue weighted by Gasteiger charge is -2.18. The topological polar surface area (TPSA) is 67.9 Å². The molecule has 25 heavy (non-hydrogen) atoms. The van der Waals surface area contributed by atoms with Gasteiger partial charge in [0.1, 0.15) is 0 Å². The fourth-order valence-electron chi connectivity index (χ4n) is 2.22. The minimum absolute atomic E-state index is 0.251. The molecule has 0 atom stereocenters. The third-order valence-electron chi connectivity index (χ3n) is 3.50. The van der Waals surface area contributed by atoms with Crippen molar-refractivity contribution >= 4 is 40.1 Å². The van der Waals surface area contributed by atoms with Crippen LogP contribution in [-0.2, 0) is 0 Å². The summed E-state index contributed by atoms with van der Waals surface area (Å²) in [5.74, 6) is 0.285. The van der Waals surface area contributed by atoms with E-state index in [2.05, 4.69) is 27.9 Å². The molecule has 0 unspecified atom stereocenters. The van der Waals surface area contributed by atoms with Gasteiger partial charge in [0.25, 0.3) is 11.8 Å². The average molecular weight is 454 g/mol. The molecule has 2 amide bonds. The van der Waals surface area contributed by atoms with Crippen molar-refractivity contribution in [3.63, 3.8) is 0 Å². The number of hydrogen-bond acceptors (Lipinski definition) is 4. The molecule has 0 aromatic heterocycles. The van der Waals surface area contributed by atoms with E-state index in [0.29, 0.717) is 28.3 Å². The largest absolute Gasteiger partial charge is 0.493 e. The summed E-state index contributed by atoms with van der Waals surface area (Å²) in [5, 5.41) is 2.79. The Bertz CT molecular complexity index is 806. The quantitative estimate of drug-likeness (QED) is 0.705. The van der Waals surface area contributed by atoms with E-state index in [1.807, 2.05) is 6.07 Å². The SMILES string of the molecule is COc1cc(NC(=O)c2cccc(I)c2)c(C(=O)N(C)C)cc1OC. The van der Waals surface area contributed by atoms with Gasteiger partial charge >= 0.3 is 0 Å². The van der Waals surface area contributed by atoms with E-state index >= 15 is 0 Å². The van der Waals surface area contributed by atoms with E-state index in [1.54, 1.807) is 44.4 Å². The Morgan fingerprint density at radius 1 is 1.04 bits per heavy atom. The number of carbonyl (C=O) groups is 2. The number of halogens is 1. The maximum atomic E-state index is 12.6. The van der Waals surface area contributed by atoms with Crippen LogP contribution in [-0.4, -0.2) is 45.0 Å². The number of rotatable bonds is 5. The lowest BCUT2D eigenvalue weighted by molar-refractivity contribution is 0.0828. The summed E-state index contributed by atoms with van der Waals surface area (Å²) in [5.41, 5.74) is 1.19. The Hall–Kier alpha value is -2.29. The third kappa shape index (κ3) is 4.41. The highest BCUT2D eigenvalue weighted by Crippen LogP contribution is 2.34. The lowest BCUT2D eigenvalue weighted by atomic mass is 10.1. The van der Waals surface area contributed by atoms with Crippen molar-refractivity contribution in [3.8, 4) is 11.5 Å². The second-order valence-electron chi connectivity index (χ2n) is 5.42. The molecule has 0 aliphatic rings. The molecule has 0 spiro atoms. The summed E-state index contributed by atoms with van der Waals surface area (Å²) in [6, 6.07) is 10.3. The van der Waals surface area contributed by atoms with Crippen molar-refractivity contribution in [3.05, 3.63) is 51.1 Å². The third-order valence-corrected chi connectivity index (χ3v) is 4.17. The van der Waals surface area contributed by atoms with E-state index < -0.39 is 0 Å². The average Bonchev–Trinajstić information content (AvgIpc) is 2.60. The monoisotopic (exact) mass is 454 g/mol. The molecule has 0 aliphatic heterocycles. The van der Waals surface area contributed by atoms with Crippen molar-refractivity contribution < 1.29 is 19.1 Å². The number of ether oxygens (including phenoxy) is 2. The second kappa shape index (κ2) is 8.19. The first kappa shape index (κ1) is 19.0. The van der Waals surface area contributed by atoms with E-state index in [4.69, 9.17) is 9.47 Å². The fraction of sp³-hybridized carbons (Fsp3) is 0.222. The standard InChI is InChI=1S/C18H19IN2O4/c1-21(2)18(23)13-9-15(24-3)16(25-4)10-14(13)20-17(22)11-6-5-7-12(19)8-11/h5-10H,1-4H3,(H,20,22). The van der Waals surface area contributed by atoms with Crippen LogP contribution < -0.4 is 14.8 Å². The Labute approximate surface area is 160 Å². The van der Waals surface area contributed by atoms with Crippen molar-refractivity contribution in [1.29, 1.82) is 0 Å². The maximum absolute atomic E-state index is 12.6. The molecule has 1 N–H and O–H groups in total. The van der Waals surface area contributed by atoms with Crippen LogP contribution >= 0.6 is 22.6 Å². The number of nitrogens with zero attached hydrogens (tertiary/aromatic N) is 1. The van der Waals surface area contributed by atoms with Crippen LogP contribution in [0.2, 0.25) is 0 Å². The number of anilines is 1. The highest BCUT2D eigenvalue weighted by atomic mass is 127. The molecule has 132 valence electrons. The number of carbonyl (C=O) groups excluding carboxylic acids is 2. The molecule has 6 nitrogen and oxygen atoms in total. The molecular formula is C18H19IN2O4. The number of benzene rings is 2. The summed E-state index contributed by atoms with van der Waals surface area (Å²) in [7, 11) is 6.27. The minimum atomic E-state index is -0.307. The van der Waals surface area contributed by atoms with Gasteiger partial charge in [0, 0.05) is 29.3 Å². The summed E-state index contributed by atoms with van der Waals surface area (Å²) >= 11 is 2.14. The highest BCUT2D eigenvalue weighted by Gasteiger charge is 2.20. The number of hydrogen-bond donors (Lipinski definition) is 1. The molecule has 0 radical (unpaired) electrons. The zero-order valence-corrected chi connectivity index (χ0v) is 16.6. The first-order valence-electron chi connectivity index (χ1n) is 7.42. The van der Waals surface area contributed by atoms with Crippen LogP contribution in [0.25, 0.3) is 0 Å². The van der Waals surface area contributed by atoms with Gasteiger partial charge in [-0.3, -0.25) is 9.59 Å². The van der Waals surface area contributed by atoms with Gasteiger partial charge in [0.15, 0.2) is 11.5 Å². The zero-order valence-electron chi connectivity index (χ0n) is 14.4. The van der Waals surface area contributed by atoms with Gasteiger partial charge in [0.2, 0.25) is 0 Å². The smallest absolute Gasteiger partial charge is 0.255 e. The Balaban J connectivity index is 2.47. The van der Waals surface area contributed by atoms with Gasteiger partial charge in [-0.05, 0) is 46.9 Å². The van der Waals surface area contributed by atoms with Crippen molar-refractivity contribution in [2.24, 2.45) is 0 Å². The molecule has 0 saturated heterocycles. The summed E-state index contributed by atoms with van der Waals surface area (Å²) < 4.78 is 11.5. The van der Waals surface area contributed by atoms with Crippen LogP contribution in [0.3, 0.4) is 0 Å². The van der Waals surface area contributed by atoms with Crippen molar-refractivity contribution in [2.45, 2.75) is 0 Å². The van der Waals surface area contributed by atoms with Crippen LogP contribution in [0.5, 0.6) is 11.5 Å². The molecule has 0 saturated carbocycles. The maximum Gasteiger partial charge on any atom is 0.255 e. The number of amides is 2.